The minimum atomic E-state index is 0.296. The molecule has 1 fully saturated rings. The van der Waals surface area contributed by atoms with E-state index in [9.17, 15) is 0 Å². The molecule has 0 unspecified atom stereocenters. The standard InChI is InChI=1S/C8H17NO.C2H6/c1-3-9(2)6-8(7-10)4-5-8;1-2/h10H,3-7H2,1-2H3;1-2H3. The van der Waals surface area contributed by atoms with Crippen LogP contribution in [0.3, 0.4) is 0 Å². The van der Waals surface area contributed by atoms with Crippen LogP contribution in [0.2, 0.25) is 0 Å². The van der Waals surface area contributed by atoms with Gasteiger partial charge >= 0.3 is 0 Å². The fraction of sp³-hybridized carbons (Fsp3) is 1.00. The zero-order valence-electron chi connectivity index (χ0n) is 8.93. The Hall–Kier alpha value is -0.0800. The fourth-order valence-electron chi connectivity index (χ4n) is 1.23. The highest BCUT2D eigenvalue weighted by atomic mass is 16.3. The Morgan fingerprint density at radius 2 is 1.83 bits per heavy atom. The number of aliphatic hydroxyl groups is 1. The molecule has 0 spiro atoms. The van der Waals surface area contributed by atoms with Crippen LogP contribution in [-0.4, -0.2) is 36.8 Å². The molecule has 0 bridgehead atoms. The van der Waals surface area contributed by atoms with Gasteiger partial charge in [0, 0.05) is 18.6 Å². The third kappa shape index (κ3) is 3.55. The summed E-state index contributed by atoms with van der Waals surface area (Å²) in [6.07, 6.45) is 2.43. The van der Waals surface area contributed by atoms with Crippen LogP contribution in [0.5, 0.6) is 0 Å². The van der Waals surface area contributed by atoms with Gasteiger partial charge in [0.15, 0.2) is 0 Å². The van der Waals surface area contributed by atoms with Crippen molar-refractivity contribution in [3.8, 4) is 0 Å². The highest BCUT2D eigenvalue weighted by molar-refractivity contribution is 4.94. The second kappa shape index (κ2) is 5.55. The zero-order valence-corrected chi connectivity index (χ0v) is 8.93. The van der Waals surface area contributed by atoms with Crippen LogP contribution in [0.25, 0.3) is 0 Å². The van der Waals surface area contributed by atoms with Gasteiger partial charge in [-0.1, -0.05) is 20.8 Å². The van der Waals surface area contributed by atoms with Gasteiger partial charge in [-0.25, -0.2) is 0 Å². The molecule has 0 atom stereocenters. The second-order valence-electron chi connectivity index (χ2n) is 3.49. The quantitative estimate of drug-likeness (QED) is 0.700. The van der Waals surface area contributed by atoms with E-state index in [0.29, 0.717) is 12.0 Å². The van der Waals surface area contributed by atoms with Crippen molar-refractivity contribution in [1.29, 1.82) is 0 Å². The van der Waals surface area contributed by atoms with Crippen molar-refractivity contribution >= 4 is 0 Å². The lowest BCUT2D eigenvalue weighted by Gasteiger charge is -2.19. The lowest BCUT2D eigenvalue weighted by molar-refractivity contribution is 0.167. The van der Waals surface area contributed by atoms with Gasteiger partial charge in [-0.15, -0.1) is 0 Å². The first kappa shape index (κ1) is 11.9. The van der Waals surface area contributed by atoms with Crippen LogP contribution in [0, 0.1) is 5.41 Å². The van der Waals surface area contributed by atoms with Crippen molar-refractivity contribution < 1.29 is 5.11 Å². The molecule has 0 aliphatic heterocycles. The molecule has 2 heteroatoms. The summed E-state index contributed by atoms with van der Waals surface area (Å²) in [5.41, 5.74) is 0.296. The van der Waals surface area contributed by atoms with Crippen molar-refractivity contribution in [2.45, 2.75) is 33.6 Å². The van der Waals surface area contributed by atoms with Gasteiger partial charge in [-0.2, -0.15) is 0 Å². The monoisotopic (exact) mass is 173 g/mol. The summed E-state index contributed by atoms with van der Waals surface area (Å²) in [5, 5.41) is 8.97. The van der Waals surface area contributed by atoms with Crippen LogP contribution < -0.4 is 0 Å². The van der Waals surface area contributed by atoms with Gasteiger partial charge in [0.1, 0.15) is 0 Å². The third-order valence-electron chi connectivity index (χ3n) is 2.44. The Balaban J connectivity index is 0.000000561. The van der Waals surface area contributed by atoms with E-state index in [1.54, 1.807) is 0 Å². The van der Waals surface area contributed by atoms with E-state index in [1.807, 2.05) is 13.8 Å². The van der Waals surface area contributed by atoms with E-state index in [4.69, 9.17) is 5.11 Å². The molecule has 1 rings (SSSR count). The van der Waals surface area contributed by atoms with E-state index in [1.165, 1.54) is 12.8 Å². The van der Waals surface area contributed by atoms with E-state index in [2.05, 4.69) is 18.9 Å². The van der Waals surface area contributed by atoms with Gasteiger partial charge < -0.3 is 10.0 Å². The average molecular weight is 173 g/mol. The van der Waals surface area contributed by atoms with Gasteiger partial charge in [-0.05, 0) is 26.4 Å². The molecule has 0 amide bonds. The lowest BCUT2D eigenvalue weighted by Crippen LogP contribution is -2.28. The van der Waals surface area contributed by atoms with Gasteiger partial charge in [0.2, 0.25) is 0 Å². The second-order valence-corrected chi connectivity index (χ2v) is 3.49. The van der Waals surface area contributed by atoms with Crippen LogP contribution in [0.1, 0.15) is 33.6 Å². The van der Waals surface area contributed by atoms with Crippen LogP contribution in [0.15, 0.2) is 0 Å². The molecule has 0 aromatic heterocycles. The zero-order chi connectivity index (χ0) is 9.61. The Morgan fingerprint density at radius 3 is 2.08 bits per heavy atom. The van der Waals surface area contributed by atoms with Crippen LogP contribution in [0.4, 0.5) is 0 Å². The molecule has 0 aromatic carbocycles. The first-order chi connectivity index (χ1) is 5.72. The van der Waals surface area contributed by atoms with Crippen molar-refractivity contribution in [3.05, 3.63) is 0 Å². The molecule has 1 N–H and O–H groups in total. The summed E-state index contributed by atoms with van der Waals surface area (Å²) in [6, 6.07) is 0. The van der Waals surface area contributed by atoms with E-state index in [0.717, 1.165) is 13.1 Å². The minimum Gasteiger partial charge on any atom is -0.396 e. The Labute approximate surface area is 76.6 Å². The number of rotatable bonds is 4. The Kier molecular flexibility index (Phi) is 5.51. The van der Waals surface area contributed by atoms with E-state index < -0.39 is 0 Å². The summed E-state index contributed by atoms with van der Waals surface area (Å²) in [5.74, 6) is 0. The van der Waals surface area contributed by atoms with Crippen molar-refractivity contribution in [3.63, 3.8) is 0 Å². The van der Waals surface area contributed by atoms with Crippen LogP contribution >= 0.6 is 0 Å². The summed E-state index contributed by atoms with van der Waals surface area (Å²) in [6.45, 7) is 8.67. The molecular formula is C10H23NO. The Morgan fingerprint density at radius 1 is 1.33 bits per heavy atom. The molecule has 0 heterocycles. The summed E-state index contributed by atoms with van der Waals surface area (Å²) >= 11 is 0. The first-order valence-electron chi connectivity index (χ1n) is 5.02. The van der Waals surface area contributed by atoms with E-state index in [-0.39, 0.29) is 0 Å². The maximum atomic E-state index is 8.97. The third-order valence-corrected chi connectivity index (χ3v) is 2.44. The van der Waals surface area contributed by atoms with Crippen LogP contribution in [-0.2, 0) is 0 Å². The van der Waals surface area contributed by atoms with E-state index >= 15 is 0 Å². The molecule has 1 aliphatic rings. The molecule has 1 aliphatic carbocycles. The average Bonchev–Trinajstić information content (AvgIpc) is 2.89. The normalized spacial score (nSPS) is 18.5. The molecular weight excluding hydrogens is 150 g/mol. The molecule has 0 saturated heterocycles. The number of nitrogens with zero attached hydrogens (tertiary/aromatic N) is 1. The predicted molar refractivity (Wildman–Crippen MR) is 53.3 cm³/mol. The summed E-state index contributed by atoms with van der Waals surface area (Å²) in [4.78, 5) is 2.27. The maximum absolute atomic E-state index is 8.97. The van der Waals surface area contributed by atoms with Crippen molar-refractivity contribution in [2.75, 3.05) is 26.7 Å². The topological polar surface area (TPSA) is 23.5 Å². The lowest BCUT2D eigenvalue weighted by atomic mass is 10.1. The summed E-state index contributed by atoms with van der Waals surface area (Å²) < 4.78 is 0. The number of aliphatic hydroxyl groups excluding tert-OH is 1. The molecule has 74 valence electrons. The molecule has 1 saturated carbocycles. The largest absolute Gasteiger partial charge is 0.396 e. The molecule has 0 radical (unpaired) electrons. The molecule has 12 heavy (non-hydrogen) atoms. The number of hydrogen-bond acceptors (Lipinski definition) is 2. The predicted octanol–water partition coefficient (Wildman–Crippen LogP) is 1.74. The van der Waals surface area contributed by atoms with Gasteiger partial charge in [0.25, 0.3) is 0 Å². The summed E-state index contributed by atoms with van der Waals surface area (Å²) in [7, 11) is 2.11. The SMILES string of the molecule is CC.CCN(C)CC1(CO)CC1. The Bertz CT molecular complexity index is 110. The number of hydrogen-bond donors (Lipinski definition) is 1. The highest BCUT2D eigenvalue weighted by Crippen LogP contribution is 2.45. The minimum absolute atomic E-state index is 0.296. The van der Waals surface area contributed by atoms with Gasteiger partial charge in [0.05, 0.1) is 0 Å². The maximum Gasteiger partial charge on any atom is 0.0499 e. The first-order valence-corrected chi connectivity index (χ1v) is 5.02. The fourth-order valence-corrected chi connectivity index (χ4v) is 1.23. The van der Waals surface area contributed by atoms with Crippen molar-refractivity contribution in [2.24, 2.45) is 5.41 Å². The smallest absolute Gasteiger partial charge is 0.0499 e. The highest BCUT2D eigenvalue weighted by Gasteiger charge is 2.42. The molecule has 2 nitrogen and oxygen atoms in total. The van der Waals surface area contributed by atoms with Gasteiger partial charge in [-0.3, -0.25) is 0 Å². The molecule has 0 aromatic rings. The van der Waals surface area contributed by atoms with Crippen molar-refractivity contribution in [1.82, 2.24) is 4.90 Å².